The number of rotatable bonds is 16. The van der Waals surface area contributed by atoms with Crippen LogP contribution in [0, 0.1) is 5.92 Å². The molecule has 0 heterocycles. The molecule has 0 aromatic heterocycles. The van der Waals surface area contributed by atoms with Crippen LogP contribution < -0.4 is 33.2 Å². The van der Waals surface area contributed by atoms with Crippen LogP contribution in [0.4, 0.5) is 0 Å². The van der Waals surface area contributed by atoms with Crippen LogP contribution in [0.2, 0.25) is 0 Å². The van der Waals surface area contributed by atoms with Crippen molar-refractivity contribution < 1.29 is 39.3 Å². The first-order valence-corrected chi connectivity index (χ1v) is 11.1. The fourth-order valence-corrected chi connectivity index (χ4v) is 2.92. The van der Waals surface area contributed by atoms with Gasteiger partial charge in [0.25, 0.3) is 0 Å². The van der Waals surface area contributed by atoms with Crippen molar-refractivity contribution in [3.8, 4) is 0 Å². The molecule has 6 unspecified atom stereocenters. The number of aliphatic imine (C=N–C) groups is 1. The molecule has 15 heteroatoms. The Kier molecular flexibility index (Phi) is 13.9. The highest BCUT2D eigenvalue weighted by atomic mass is 16.4. The number of amides is 3. The van der Waals surface area contributed by atoms with E-state index in [9.17, 15) is 34.2 Å². The zero-order chi connectivity index (χ0) is 27.3. The number of aliphatic hydroxyl groups excluding tert-OH is 1. The van der Waals surface area contributed by atoms with Gasteiger partial charge in [-0.15, -0.1) is 0 Å². The molecule has 15 nitrogen and oxygen atoms in total. The summed E-state index contributed by atoms with van der Waals surface area (Å²) in [5, 5.41) is 35.2. The molecule has 200 valence electrons. The lowest BCUT2D eigenvalue weighted by molar-refractivity contribution is -0.144. The monoisotopic (exact) mass is 503 g/mol. The number of carbonyl (C=O) groups is 5. The first-order valence-electron chi connectivity index (χ1n) is 11.1. The Morgan fingerprint density at radius 2 is 1.49 bits per heavy atom. The van der Waals surface area contributed by atoms with Gasteiger partial charge in [0.2, 0.25) is 17.7 Å². The average Bonchev–Trinajstić information content (AvgIpc) is 2.75. The number of aliphatic carboxylic acids is 2. The predicted octanol–water partition coefficient (Wildman–Crippen LogP) is -3.19. The highest BCUT2D eigenvalue weighted by Crippen LogP contribution is 2.10. The number of nitrogens with zero attached hydrogens (tertiary/aromatic N) is 1. The predicted molar refractivity (Wildman–Crippen MR) is 125 cm³/mol. The topological polar surface area (TPSA) is 273 Å². The maximum Gasteiger partial charge on any atom is 0.326 e. The van der Waals surface area contributed by atoms with Gasteiger partial charge in [0.1, 0.15) is 18.1 Å². The van der Waals surface area contributed by atoms with E-state index in [1.165, 1.54) is 6.92 Å². The van der Waals surface area contributed by atoms with Crippen LogP contribution >= 0.6 is 0 Å². The minimum atomic E-state index is -1.57. The van der Waals surface area contributed by atoms with Crippen LogP contribution in [-0.4, -0.2) is 87.8 Å². The summed E-state index contributed by atoms with van der Waals surface area (Å²) in [6, 6.07) is -5.52. The van der Waals surface area contributed by atoms with Gasteiger partial charge in [-0.25, -0.2) is 4.79 Å². The minimum Gasteiger partial charge on any atom is -0.481 e. The lowest BCUT2D eigenvalue weighted by Gasteiger charge is -2.27. The lowest BCUT2D eigenvalue weighted by atomic mass is 9.98. The number of aliphatic hydroxyl groups is 1. The number of carboxylic acid groups (broad SMARTS) is 2. The summed E-state index contributed by atoms with van der Waals surface area (Å²) in [4.78, 5) is 64.0. The molecule has 0 fully saturated rings. The summed E-state index contributed by atoms with van der Waals surface area (Å²) in [7, 11) is 0. The third-order valence-electron chi connectivity index (χ3n) is 5.15. The van der Waals surface area contributed by atoms with E-state index in [0.29, 0.717) is 6.42 Å². The third-order valence-corrected chi connectivity index (χ3v) is 5.15. The number of hydrogen-bond acceptors (Lipinski definition) is 8. The molecule has 0 saturated heterocycles. The SMILES string of the molecule is CCC(C)C(NC(=O)C(CCCN=C(N)N)NC(=O)C(NC(=O)C(N)CC(=O)O)C(C)O)C(=O)O. The van der Waals surface area contributed by atoms with E-state index in [1.807, 2.05) is 0 Å². The molecule has 0 aliphatic carbocycles. The number of carboxylic acids is 2. The first-order chi connectivity index (χ1) is 16.2. The van der Waals surface area contributed by atoms with E-state index in [4.69, 9.17) is 22.3 Å². The summed E-state index contributed by atoms with van der Waals surface area (Å²) in [5.74, 6) is -5.92. The maximum absolute atomic E-state index is 12.9. The highest BCUT2D eigenvalue weighted by Gasteiger charge is 2.33. The Balaban J connectivity index is 5.62. The van der Waals surface area contributed by atoms with Crippen LogP contribution in [0.25, 0.3) is 0 Å². The summed E-state index contributed by atoms with van der Waals surface area (Å²) >= 11 is 0. The summed E-state index contributed by atoms with van der Waals surface area (Å²) in [6.07, 6.45) is -1.45. The Hall–Kier alpha value is -3.46. The zero-order valence-electron chi connectivity index (χ0n) is 20.1. The summed E-state index contributed by atoms with van der Waals surface area (Å²) in [6.45, 7) is 4.72. The van der Waals surface area contributed by atoms with Gasteiger partial charge in [0, 0.05) is 6.54 Å². The number of hydrogen-bond donors (Lipinski definition) is 9. The standard InChI is InChI=1S/C20H37N7O8/c1-4-9(2)14(19(34)35)26-17(32)12(6-5-7-24-20(22)23)25-18(33)15(10(3)28)27-16(31)11(21)8-13(29)30/h9-12,14-15,28H,4-8,21H2,1-3H3,(H,25,33)(H,26,32)(H,27,31)(H,29,30)(H,34,35)(H4,22,23,24). The van der Waals surface area contributed by atoms with E-state index in [0.717, 1.165) is 0 Å². The van der Waals surface area contributed by atoms with Gasteiger partial charge >= 0.3 is 11.9 Å². The normalized spacial score (nSPS) is 15.9. The Bertz CT molecular complexity index is 785. The van der Waals surface area contributed by atoms with Crippen molar-refractivity contribution in [1.82, 2.24) is 16.0 Å². The van der Waals surface area contributed by atoms with Crippen molar-refractivity contribution in [3.05, 3.63) is 0 Å². The van der Waals surface area contributed by atoms with E-state index in [2.05, 4.69) is 20.9 Å². The second kappa shape index (κ2) is 15.4. The van der Waals surface area contributed by atoms with Crippen LogP contribution in [0.1, 0.15) is 46.5 Å². The molecular weight excluding hydrogens is 466 g/mol. The Morgan fingerprint density at radius 3 is 1.94 bits per heavy atom. The molecule has 0 saturated carbocycles. The van der Waals surface area contributed by atoms with Crippen LogP contribution in [0.3, 0.4) is 0 Å². The molecule has 35 heavy (non-hydrogen) atoms. The van der Waals surface area contributed by atoms with Gasteiger partial charge in [-0.1, -0.05) is 20.3 Å². The van der Waals surface area contributed by atoms with Gasteiger partial charge in [-0.05, 0) is 25.7 Å². The van der Waals surface area contributed by atoms with Crippen molar-refractivity contribution in [1.29, 1.82) is 0 Å². The second-order valence-corrected chi connectivity index (χ2v) is 8.15. The molecule has 0 aromatic carbocycles. The van der Waals surface area contributed by atoms with Gasteiger partial charge in [0.15, 0.2) is 5.96 Å². The number of guanidine groups is 1. The summed E-state index contributed by atoms with van der Waals surface area (Å²) in [5.41, 5.74) is 16.0. The molecule has 0 aromatic rings. The number of carbonyl (C=O) groups excluding carboxylic acids is 3. The molecule has 0 radical (unpaired) electrons. The van der Waals surface area contributed by atoms with Gasteiger partial charge in [-0.2, -0.15) is 0 Å². The molecule has 0 aliphatic rings. The van der Waals surface area contributed by atoms with Crippen molar-refractivity contribution in [2.24, 2.45) is 28.1 Å². The molecule has 0 spiro atoms. The van der Waals surface area contributed by atoms with Crippen molar-refractivity contribution in [2.75, 3.05) is 6.54 Å². The molecular formula is C20H37N7O8. The highest BCUT2D eigenvalue weighted by molar-refractivity contribution is 5.95. The molecule has 0 rings (SSSR count). The van der Waals surface area contributed by atoms with Crippen LogP contribution in [0.15, 0.2) is 4.99 Å². The molecule has 0 aliphatic heterocycles. The van der Waals surface area contributed by atoms with Crippen molar-refractivity contribution in [2.45, 2.75) is 76.7 Å². The van der Waals surface area contributed by atoms with E-state index >= 15 is 0 Å². The quantitative estimate of drug-likeness (QED) is 0.0574. The number of nitrogens with one attached hydrogen (secondary N) is 3. The average molecular weight is 504 g/mol. The summed E-state index contributed by atoms with van der Waals surface area (Å²) < 4.78 is 0. The van der Waals surface area contributed by atoms with Gasteiger partial charge in [-0.3, -0.25) is 24.2 Å². The van der Waals surface area contributed by atoms with E-state index in [1.54, 1.807) is 13.8 Å². The van der Waals surface area contributed by atoms with Crippen LogP contribution in [0.5, 0.6) is 0 Å². The molecule has 12 N–H and O–H groups in total. The molecule has 3 amide bonds. The Morgan fingerprint density at radius 1 is 0.914 bits per heavy atom. The smallest absolute Gasteiger partial charge is 0.326 e. The first kappa shape index (κ1) is 31.5. The van der Waals surface area contributed by atoms with E-state index in [-0.39, 0.29) is 25.3 Å². The van der Waals surface area contributed by atoms with Crippen LogP contribution in [-0.2, 0) is 24.0 Å². The zero-order valence-corrected chi connectivity index (χ0v) is 20.1. The van der Waals surface area contributed by atoms with Crippen molar-refractivity contribution >= 4 is 35.6 Å². The van der Waals surface area contributed by atoms with Gasteiger partial charge < -0.3 is 48.5 Å². The molecule has 0 bridgehead atoms. The largest absolute Gasteiger partial charge is 0.481 e. The molecule has 6 atom stereocenters. The minimum absolute atomic E-state index is 0.000201. The van der Waals surface area contributed by atoms with Crippen molar-refractivity contribution in [3.63, 3.8) is 0 Å². The van der Waals surface area contributed by atoms with E-state index < -0.39 is 72.3 Å². The fraction of sp³-hybridized carbons (Fsp3) is 0.700. The Labute approximate surface area is 202 Å². The third kappa shape index (κ3) is 12.0. The lowest BCUT2D eigenvalue weighted by Crippen LogP contribution is -2.60. The number of nitrogens with two attached hydrogens (primary N) is 3. The maximum atomic E-state index is 12.9. The second-order valence-electron chi connectivity index (χ2n) is 8.15. The van der Waals surface area contributed by atoms with Gasteiger partial charge in [0.05, 0.1) is 18.6 Å². The fourth-order valence-electron chi connectivity index (χ4n) is 2.92.